The van der Waals surface area contributed by atoms with E-state index in [4.69, 9.17) is 5.73 Å². The van der Waals surface area contributed by atoms with E-state index in [9.17, 15) is 4.39 Å². The summed E-state index contributed by atoms with van der Waals surface area (Å²) in [6, 6.07) is 11.8. The first-order valence-corrected chi connectivity index (χ1v) is 5.23. The van der Waals surface area contributed by atoms with Crippen molar-refractivity contribution >= 4 is 16.9 Å². The highest BCUT2D eigenvalue weighted by molar-refractivity contribution is 5.83. The Bertz CT molecular complexity index is 671. The Morgan fingerprint density at radius 3 is 2.65 bits per heavy atom. The summed E-state index contributed by atoms with van der Waals surface area (Å²) in [5.74, 6) is 0.326. The van der Waals surface area contributed by atoms with Crippen LogP contribution in [0.4, 0.5) is 10.2 Å². The van der Waals surface area contributed by atoms with Crippen molar-refractivity contribution in [2.24, 2.45) is 0 Å². The van der Waals surface area contributed by atoms with Crippen molar-refractivity contribution in [2.45, 2.75) is 0 Å². The average Bonchev–Trinajstić information content (AvgIpc) is 2.66. The molecule has 3 nitrogen and oxygen atoms in total. The molecule has 0 amide bonds. The molecule has 3 aromatic rings. The molecule has 4 heteroatoms. The highest BCUT2D eigenvalue weighted by Crippen LogP contribution is 2.24. The zero-order valence-corrected chi connectivity index (χ0v) is 8.97. The van der Waals surface area contributed by atoms with Gasteiger partial charge in [0.05, 0.1) is 11.0 Å². The molecule has 2 N–H and O–H groups in total. The fourth-order valence-corrected chi connectivity index (χ4v) is 1.93. The lowest BCUT2D eigenvalue weighted by Gasteiger charge is -2.07. The van der Waals surface area contributed by atoms with Crippen LogP contribution in [0.25, 0.3) is 16.7 Å². The van der Waals surface area contributed by atoms with E-state index in [1.165, 1.54) is 12.1 Å². The summed E-state index contributed by atoms with van der Waals surface area (Å²) in [5.41, 5.74) is 8.52. The van der Waals surface area contributed by atoms with Gasteiger partial charge < -0.3 is 5.73 Å². The zero-order chi connectivity index (χ0) is 11.8. The first-order valence-electron chi connectivity index (χ1n) is 5.23. The smallest absolute Gasteiger partial charge is 0.123 e. The van der Waals surface area contributed by atoms with Gasteiger partial charge in [0, 0.05) is 18.0 Å². The van der Waals surface area contributed by atoms with Crippen molar-refractivity contribution in [3.8, 4) is 5.69 Å². The number of pyridine rings is 1. The minimum absolute atomic E-state index is 0.262. The van der Waals surface area contributed by atoms with E-state index in [1.807, 2.05) is 16.7 Å². The monoisotopic (exact) mass is 227 g/mol. The Hall–Kier alpha value is -2.36. The number of hydrogen-bond acceptors (Lipinski definition) is 2. The van der Waals surface area contributed by atoms with Crippen LogP contribution in [-0.2, 0) is 0 Å². The molecule has 3 rings (SSSR count). The molecular formula is C13H10FN3. The van der Waals surface area contributed by atoms with Gasteiger partial charge in [-0.3, -0.25) is 9.55 Å². The maximum Gasteiger partial charge on any atom is 0.123 e. The van der Waals surface area contributed by atoms with Gasteiger partial charge in [-0.2, -0.15) is 0 Å². The van der Waals surface area contributed by atoms with Crippen LogP contribution in [0, 0.1) is 5.82 Å². The van der Waals surface area contributed by atoms with E-state index in [-0.39, 0.29) is 5.82 Å². The predicted octanol–water partition coefficient (Wildman–Crippen LogP) is 2.75. The lowest BCUT2D eigenvalue weighted by atomic mass is 10.3. The molecule has 0 aliphatic heterocycles. The van der Waals surface area contributed by atoms with Crippen LogP contribution >= 0.6 is 0 Å². The molecule has 1 aromatic carbocycles. The summed E-state index contributed by atoms with van der Waals surface area (Å²) in [5, 5.41) is 0. The highest BCUT2D eigenvalue weighted by atomic mass is 19.1. The fourth-order valence-electron chi connectivity index (χ4n) is 1.93. The van der Waals surface area contributed by atoms with Crippen molar-refractivity contribution in [1.29, 1.82) is 0 Å². The number of anilines is 1. The van der Waals surface area contributed by atoms with Gasteiger partial charge in [0.15, 0.2) is 0 Å². The van der Waals surface area contributed by atoms with Gasteiger partial charge in [-0.05, 0) is 36.4 Å². The van der Waals surface area contributed by atoms with Gasteiger partial charge >= 0.3 is 0 Å². The van der Waals surface area contributed by atoms with Crippen molar-refractivity contribution in [3.05, 3.63) is 54.5 Å². The molecule has 0 unspecified atom stereocenters. The summed E-state index contributed by atoms with van der Waals surface area (Å²) in [6.07, 6.45) is 1.72. The molecule has 0 aliphatic rings. The van der Waals surface area contributed by atoms with Gasteiger partial charge in [0.2, 0.25) is 0 Å². The topological polar surface area (TPSA) is 43.8 Å². The molecule has 84 valence electrons. The summed E-state index contributed by atoms with van der Waals surface area (Å²) in [4.78, 5) is 4.23. The Balaban J connectivity index is 2.29. The van der Waals surface area contributed by atoms with Crippen LogP contribution in [0.2, 0.25) is 0 Å². The van der Waals surface area contributed by atoms with E-state index in [1.54, 1.807) is 24.4 Å². The standard InChI is InChI=1S/C13H10FN3/c14-9-3-5-10(6-4-9)17-12-2-1-7-16-11(12)8-13(17)15/h1-8H,15H2. The Labute approximate surface area is 97.3 Å². The first kappa shape index (κ1) is 9.84. The van der Waals surface area contributed by atoms with E-state index in [2.05, 4.69) is 4.98 Å². The van der Waals surface area contributed by atoms with Crippen molar-refractivity contribution in [2.75, 3.05) is 5.73 Å². The number of rotatable bonds is 1. The van der Waals surface area contributed by atoms with Crippen LogP contribution < -0.4 is 5.73 Å². The lowest BCUT2D eigenvalue weighted by molar-refractivity contribution is 0.627. The molecule has 0 atom stereocenters. The number of fused-ring (bicyclic) bond motifs is 1. The molecule has 0 spiro atoms. The van der Waals surface area contributed by atoms with Crippen LogP contribution in [0.15, 0.2) is 48.7 Å². The molecule has 0 saturated carbocycles. The van der Waals surface area contributed by atoms with Crippen LogP contribution in [0.1, 0.15) is 0 Å². The Kier molecular flexibility index (Phi) is 2.08. The summed E-state index contributed by atoms with van der Waals surface area (Å²) >= 11 is 0. The van der Waals surface area contributed by atoms with Gasteiger partial charge in [-0.1, -0.05) is 0 Å². The number of benzene rings is 1. The summed E-state index contributed by atoms with van der Waals surface area (Å²) in [6.45, 7) is 0. The quantitative estimate of drug-likeness (QED) is 0.694. The van der Waals surface area contributed by atoms with E-state index < -0.39 is 0 Å². The SMILES string of the molecule is Nc1cc2ncccc2n1-c1ccc(F)cc1. The number of aromatic nitrogens is 2. The maximum atomic E-state index is 12.9. The van der Waals surface area contributed by atoms with Crippen molar-refractivity contribution in [1.82, 2.24) is 9.55 Å². The molecule has 0 radical (unpaired) electrons. The number of hydrogen-bond donors (Lipinski definition) is 1. The fraction of sp³-hybridized carbons (Fsp3) is 0. The summed E-state index contributed by atoms with van der Waals surface area (Å²) < 4.78 is 14.7. The maximum absolute atomic E-state index is 12.9. The van der Waals surface area contributed by atoms with Crippen molar-refractivity contribution < 1.29 is 4.39 Å². The second-order valence-electron chi connectivity index (χ2n) is 3.79. The van der Waals surface area contributed by atoms with E-state index >= 15 is 0 Å². The third-order valence-electron chi connectivity index (χ3n) is 2.68. The van der Waals surface area contributed by atoms with Gasteiger partial charge in [-0.15, -0.1) is 0 Å². The summed E-state index contributed by atoms with van der Waals surface area (Å²) in [7, 11) is 0. The number of nitrogen functional groups attached to an aromatic ring is 1. The average molecular weight is 227 g/mol. The minimum Gasteiger partial charge on any atom is -0.385 e. The Morgan fingerprint density at radius 2 is 1.88 bits per heavy atom. The molecule has 0 fully saturated rings. The second kappa shape index (κ2) is 3.59. The highest BCUT2D eigenvalue weighted by Gasteiger charge is 2.08. The predicted molar refractivity (Wildman–Crippen MR) is 65.4 cm³/mol. The zero-order valence-electron chi connectivity index (χ0n) is 8.97. The first-order chi connectivity index (χ1) is 8.25. The third-order valence-corrected chi connectivity index (χ3v) is 2.68. The molecule has 0 aliphatic carbocycles. The number of nitrogens with two attached hydrogens (primary N) is 1. The third kappa shape index (κ3) is 1.54. The molecule has 0 bridgehead atoms. The molecule has 0 saturated heterocycles. The van der Waals surface area contributed by atoms with Gasteiger partial charge in [0.25, 0.3) is 0 Å². The van der Waals surface area contributed by atoms with Crippen LogP contribution in [0.3, 0.4) is 0 Å². The molecule has 2 heterocycles. The van der Waals surface area contributed by atoms with Crippen molar-refractivity contribution in [3.63, 3.8) is 0 Å². The van der Waals surface area contributed by atoms with Crippen LogP contribution in [0.5, 0.6) is 0 Å². The molecule has 2 aromatic heterocycles. The number of nitrogens with zero attached hydrogens (tertiary/aromatic N) is 2. The normalized spacial score (nSPS) is 10.9. The van der Waals surface area contributed by atoms with E-state index in [0.717, 1.165) is 16.7 Å². The van der Waals surface area contributed by atoms with Gasteiger partial charge in [0.1, 0.15) is 11.6 Å². The molecular weight excluding hydrogens is 217 g/mol. The minimum atomic E-state index is -0.262. The second-order valence-corrected chi connectivity index (χ2v) is 3.79. The van der Waals surface area contributed by atoms with Crippen LogP contribution in [-0.4, -0.2) is 9.55 Å². The van der Waals surface area contributed by atoms with E-state index in [0.29, 0.717) is 5.82 Å². The molecule has 17 heavy (non-hydrogen) atoms. The number of halogens is 1. The Morgan fingerprint density at radius 1 is 1.12 bits per heavy atom. The lowest BCUT2D eigenvalue weighted by Crippen LogP contribution is -1.99. The largest absolute Gasteiger partial charge is 0.385 e. The van der Waals surface area contributed by atoms with Gasteiger partial charge in [-0.25, -0.2) is 4.39 Å².